The van der Waals surface area contributed by atoms with Crippen molar-refractivity contribution < 1.29 is 9.90 Å². The molecule has 1 atom stereocenters. The van der Waals surface area contributed by atoms with Crippen molar-refractivity contribution >= 4 is 5.97 Å². The van der Waals surface area contributed by atoms with Crippen LogP contribution in [0.3, 0.4) is 0 Å². The third kappa shape index (κ3) is 6.30. The number of likely N-dealkylation sites (N-methyl/N-ethyl adjacent to an activating group) is 1. The number of carbonyl (C=O) groups is 1. The molecule has 0 amide bonds. The molecule has 1 unspecified atom stereocenters. The Labute approximate surface area is 129 Å². The molecule has 0 radical (unpaired) electrons. The highest BCUT2D eigenvalue weighted by Crippen LogP contribution is 2.15. The van der Waals surface area contributed by atoms with E-state index in [0.717, 1.165) is 31.0 Å². The number of benzene rings is 1. The smallest absolute Gasteiger partial charge is 0.335 e. The monoisotopic (exact) mass is 291 g/mol. The molecule has 21 heavy (non-hydrogen) atoms. The summed E-state index contributed by atoms with van der Waals surface area (Å²) in [4.78, 5) is 13.5. The molecule has 0 bridgehead atoms. The Morgan fingerprint density at radius 1 is 1.29 bits per heavy atom. The molecule has 3 heteroatoms. The summed E-state index contributed by atoms with van der Waals surface area (Å²) in [5.41, 5.74) is 1.36. The van der Waals surface area contributed by atoms with Crippen LogP contribution in [0.2, 0.25) is 0 Å². The normalized spacial score (nSPS) is 12.6. The number of aromatic carboxylic acids is 1. The SMILES string of the molecule is CCCCC(CC)CN(C)CCc1ccccc1C(=O)O. The molecule has 1 N–H and O–H groups in total. The van der Waals surface area contributed by atoms with E-state index in [4.69, 9.17) is 0 Å². The molecule has 0 spiro atoms. The van der Waals surface area contributed by atoms with E-state index in [-0.39, 0.29) is 0 Å². The maximum atomic E-state index is 11.2. The highest BCUT2D eigenvalue weighted by Gasteiger charge is 2.12. The summed E-state index contributed by atoms with van der Waals surface area (Å²) in [5.74, 6) is -0.0766. The fourth-order valence-corrected chi connectivity index (χ4v) is 2.71. The minimum absolute atomic E-state index is 0.434. The first-order valence-corrected chi connectivity index (χ1v) is 8.08. The number of hydrogen-bond donors (Lipinski definition) is 1. The van der Waals surface area contributed by atoms with Gasteiger partial charge in [-0.3, -0.25) is 0 Å². The number of unbranched alkanes of at least 4 members (excludes halogenated alkanes) is 1. The molecular formula is C18H29NO2. The van der Waals surface area contributed by atoms with Gasteiger partial charge in [0.05, 0.1) is 5.56 Å². The van der Waals surface area contributed by atoms with Gasteiger partial charge < -0.3 is 10.0 Å². The zero-order valence-corrected chi connectivity index (χ0v) is 13.6. The second kappa shape index (κ2) is 9.56. The lowest BCUT2D eigenvalue weighted by Gasteiger charge is -2.23. The van der Waals surface area contributed by atoms with Crippen LogP contribution in [-0.2, 0) is 6.42 Å². The summed E-state index contributed by atoms with van der Waals surface area (Å²) in [6.07, 6.45) is 5.86. The van der Waals surface area contributed by atoms with Gasteiger partial charge in [0.2, 0.25) is 0 Å². The highest BCUT2D eigenvalue weighted by atomic mass is 16.4. The fourth-order valence-electron chi connectivity index (χ4n) is 2.71. The second-order valence-electron chi connectivity index (χ2n) is 5.89. The molecule has 0 aliphatic rings. The number of rotatable bonds is 10. The first-order valence-electron chi connectivity index (χ1n) is 8.08. The topological polar surface area (TPSA) is 40.5 Å². The van der Waals surface area contributed by atoms with Crippen LogP contribution in [0, 0.1) is 5.92 Å². The summed E-state index contributed by atoms with van der Waals surface area (Å²) in [6, 6.07) is 7.31. The van der Waals surface area contributed by atoms with Crippen LogP contribution in [0.4, 0.5) is 0 Å². The minimum atomic E-state index is -0.831. The second-order valence-corrected chi connectivity index (χ2v) is 5.89. The van der Waals surface area contributed by atoms with Gasteiger partial charge in [0.1, 0.15) is 0 Å². The van der Waals surface area contributed by atoms with Crippen LogP contribution in [0.1, 0.15) is 55.5 Å². The zero-order valence-electron chi connectivity index (χ0n) is 13.6. The summed E-state index contributed by atoms with van der Waals surface area (Å²) in [6.45, 7) is 6.51. The summed E-state index contributed by atoms with van der Waals surface area (Å²) >= 11 is 0. The lowest BCUT2D eigenvalue weighted by atomic mass is 9.98. The Bertz CT molecular complexity index is 431. The maximum Gasteiger partial charge on any atom is 0.335 e. The largest absolute Gasteiger partial charge is 0.478 e. The lowest BCUT2D eigenvalue weighted by molar-refractivity contribution is 0.0695. The summed E-state index contributed by atoms with van der Waals surface area (Å²) < 4.78 is 0. The van der Waals surface area contributed by atoms with Crippen molar-refractivity contribution in [3.8, 4) is 0 Å². The van der Waals surface area contributed by atoms with Gasteiger partial charge >= 0.3 is 5.97 Å². The number of hydrogen-bond acceptors (Lipinski definition) is 2. The van der Waals surface area contributed by atoms with E-state index in [1.54, 1.807) is 12.1 Å². The van der Waals surface area contributed by atoms with Gasteiger partial charge in [-0.1, -0.05) is 51.3 Å². The average molecular weight is 291 g/mol. The van der Waals surface area contributed by atoms with Crippen molar-refractivity contribution in [3.05, 3.63) is 35.4 Å². The van der Waals surface area contributed by atoms with Gasteiger partial charge in [-0.15, -0.1) is 0 Å². The predicted molar refractivity (Wildman–Crippen MR) is 87.9 cm³/mol. The molecule has 0 fully saturated rings. The molecule has 0 aliphatic carbocycles. The molecular weight excluding hydrogens is 262 g/mol. The van der Waals surface area contributed by atoms with E-state index in [2.05, 4.69) is 25.8 Å². The quantitative estimate of drug-likeness (QED) is 0.706. The molecule has 0 aliphatic heterocycles. The molecule has 1 rings (SSSR count). The minimum Gasteiger partial charge on any atom is -0.478 e. The zero-order chi connectivity index (χ0) is 15.7. The van der Waals surface area contributed by atoms with Crippen LogP contribution in [0.5, 0.6) is 0 Å². The van der Waals surface area contributed by atoms with E-state index >= 15 is 0 Å². The first-order chi connectivity index (χ1) is 10.1. The van der Waals surface area contributed by atoms with Crippen LogP contribution >= 0.6 is 0 Å². The number of carboxylic acids is 1. The Morgan fingerprint density at radius 3 is 2.62 bits per heavy atom. The highest BCUT2D eigenvalue weighted by molar-refractivity contribution is 5.89. The average Bonchev–Trinajstić information content (AvgIpc) is 2.49. The molecule has 0 saturated heterocycles. The predicted octanol–water partition coefficient (Wildman–Crippen LogP) is 4.08. The lowest BCUT2D eigenvalue weighted by Crippen LogP contribution is -2.28. The van der Waals surface area contributed by atoms with Crippen molar-refractivity contribution in [2.45, 2.75) is 46.0 Å². The maximum absolute atomic E-state index is 11.2. The summed E-state index contributed by atoms with van der Waals surface area (Å²) in [7, 11) is 2.14. The van der Waals surface area contributed by atoms with Crippen LogP contribution in [-0.4, -0.2) is 36.1 Å². The Kier molecular flexibility index (Phi) is 8.06. The van der Waals surface area contributed by atoms with Crippen molar-refractivity contribution in [2.24, 2.45) is 5.92 Å². The van der Waals surface area contributed by atoms with Gasteiger partial charge in [0.25, 0.3) is 0 Å². The van der Waals surface area contributed by atoms with E-state index in [1.165, 1.54) is 25.7 Å². The molecule has 118 valence electrons. The van der Waals surface area contributed by atoms with Crippen molar-refractivity contribution in [2.75, 3.05) is 20.1 Å². The van der Waals surface area contributed by atoms with E-state index < -0.39 is 5.97 Å². The Hall–Kier alpha value is -1.35. The fraction of sp³-hybridized carbons (Fsp3) is 0.611. The molecule has 0 heterocycles. The Morgan fingerprint density at radius 2 is 2.00 bits per heavy atom. The van der Waals surface area contributed by atoms with Crippen molar-refractivity contribution in [1.82, 2.24) is 4.90 Å². The number of nitrogens with zero attached hydrogens (tertiary/aromatic N) is 1. The molecule has 0 saturated carbocycles. The molecule has 3 nitrogen and oxygen atoms in total. The Balaban J connectivity index is 2.49. The van der Waals surface area contributed by atoms with Crippen LogP contribution in [0.15, 0.2) is 24.3 Å². The van der Waals surface area contributed by atoms with E-state index in [0.29, 0.717) is 5.56 Å². The van der Waals surface area contributed by atoms with Crippen LogP contribution < -0.4 is 0 Å². The van der Waals surface area contributed by atoms with Crippen LogP contribution in [0.25, 0.3) is 0 Å². The molecule has 1 aromatic carbocycles. The van der Waals surface area contributed by atoms with Crippen molar-refractivity contribution in [3.63, 3.8) is 0 Å². The van der Waals surface area contributed by atoms with E-state index in [1.807, 2.05) is 12.1 Å². The van der Waals surface area contributed by atoms with Gasteiger partial charge in [-0.25, -0.2) is 4.79 Å². The van der Waals surface area contributed by atoms with Gasteiger partial charge in [-0.05, 0) is 37.4 Å². The third-order valence-corrected chi connectivity index (χ3v) is 4.12. The first kappa shape index (κ1) is 17.7. The number of carboxylic acid groups (broad SMARTS) is 1. The van der Waals surface area contributed by atoms with Crippen molar-refractivity contribution in [1.29, 1.82) is 0 Å². The third-order valence-electron chi connectivity index (χ3n) is 4.12. The van der Waals surface area contributed by atoms with Gasteiger partial charge in [-0.2, -0.15) is 0 Å². The molecule has 1 aromatic rings. The summed E-state index contributed by atoms with van der Waals surface area (Å²) in [5, 5.41) is 9.20. The van der Waals surface area contributed by atoms with Gasteiger partial charge in [0.15, 0.2) is 0 Å². The molecule has 0 aromatic heterocycles. The van der Waals surface area contributed by atoms with Gasteiger partial charge in [0, 0.05) is 13.1 Å². The van der Waals surface area contributed by atoms with E-state index in [9.17, 15) is 9.90 Å². The standard InChI is InChI=1S/C18H29NO2/c1-4-6-9-15(5-2)14-19(3)13-12-16-10-7-8-11-17(16)18(20)21/h7-8,10-11,15H,4-6,9,12-14H2,1-3H3,(H,20,21).